The van der Waals surface area contributed by atoms with Crippen LogP contribution in [0.4, 0.5) is 0 Å². The number of carbonyl (C=O) groups excluding carboxylic acids is 2. The van der Waals surface area contributed by atoms with Crippen molar-refractivity contribution in [2.75, 3.05) is 19.6 Å². The van der Waals surface area contributed by atoms with E-state index in [4.69, 9.17) is 11.6 Å². The number of halogens is 1. The lowest BCUT2D eigenvalue weighted by molar-refractivity contribution is -0.137. The number of rotatable bonds is 9. The number of nitrogens with zero attached hydrogens (tertiary/aromatic N) is 3. The zero-order chi connectivity index (χ0) is 20.8. The normalized spacial score (nSPS) is 14.1. The number of amides is 2. The number of pyridine rings is 1. The second-order valence-electron chi connectivity index (χ2n) is 7.03. The number of hydrogen-bond acceptors (Lipinski definition) is 4. The van der Waals surface area contributed by atoms with E-state index < -0.39 is 0 Å². The van der Waals surface area contributed by atoms with Gasteiger partial charge < -0.3 is 4.90 Å². The molecule has 1 aromatic carbocycles. The summed E-state index contributed by atoms with van der Waals surface area (Å²) in [6, 6.07) is 11.1. The van der Waals surface area contributed by atoms with Crippen molar-refractivity contribution >= 4 is 29.0 Å². The van der Waals surface area contributed by atoms with Gasteiger partial charge in [0.05, 0.1) is 5.57 Å². The highest BCUT2D eigenvalue weighted by Crippen LogP contribution is 2.32. The highest BCUT2D eigenvalue weighted by atomic mass is 35.5. The molecular formula is C23H26ClN3O2. The molecule has 1 aliphatic heterocycles. The maximum atomic E-state index is 13.3. The van der Waals surface area contributed by atoms with Crippen molar-refractivity contribution in [1.29, 1.82) is 0 Å². The van der Waals surface area contributed by atoms with Crippen molar-refractivity contribution in [3.05, 3.63) is 70.6 Å². The fourth-order valence-electron chi connectivity index (χ4n) is 3.49. The fraction of sp³-hybridized carbons (Fsp3) is 0.348. The van der Waals surface area contributed by atoms with E-state index in [0.717, 1.165) is 30.4 Å². The highest BCUT2D eigenvalue weighted by Gasteiger charge is 2.40. The Bertz CT molecular complexity index is 894. The van der Waals surface area contributed by atoms with Crippen LogP contribution in [0.1, 0.15) is 37.8 Å². The van der Waals surface area contributed by atoms with Gasteiger partial charge in [0.15, 0.2) is 0 Å². The Morgan fingerprint density at radius 3 is 2.31 bits per heavy atom. The van der Waals surface area contributed by atoms with Crippen molar-refractivity contribution < 1.29 is 9.59 Å². The highest BCUT2D eigenvalue weighted by molar-refractivity contribution is 6.36. The molecule has 0 atom stereocenters. The lowest BCUT2D eigenvalue weighted by Crippen LogP contribution is -2.36. The van der Waals surface area contributed by atoms with E-state index in [1.807, 2.05) is 43.0 Å². The average molecular weight is 412 g/mol. The van der Waals surface area contributed by atoms with Crippen molar-refractivity contribution in [1.82, 2.24) is 14.8 Å². The first kappa shape index (κ1) is 21.1. The lowest BCUT2D eigenvalue weighted by Gasteiger charge is -2.25. The van der Waals surface area contributed by atoms with Gasteiger partial charge in [0.2, 0.25) is 0 Å². The first-order valence-corrected chi connectivity index (χ1v) is 10.4. The van der Waals surface area contributed by atoms with Crippen LogP contribution in [0.3, 0.4) is 0 Å². The first-order chi connectivity index (χ1) is 14.1. The summed E-state index contributed by atoms with van der Waals surface area (Å²) in [4.78, 5) is 33.9. The van der Waals surface area contributed by atoms with Crippen LogP contribution < -0.4 is 0 Å². The predicted molar refractivity (Wildman–Crippen MR) is 115 cm³/mol. The van der Waals surface area contributed by atoms with E-state index in [2.05, 4.69) is 4.98 Å². The topological polar surface area (TPSA) is 53.5 Å². The third-order valence-corrected chi connectivity index (χ3v) is 5.38. The van der Waals surface area contributed by atoms with Gasteiger partial charge in [-0.15, -0.1) is 0 Å². The molecule has 0 aliphatic carbocycles. The van der Waals surface area contributed by atoms with Crippen molar-refractivity contribution in [2.45, 2.75) is 33.1 Å². The molecule has 5 nitrogen and oxygen atoms in total. The molecule has 0 bridgehead atoms. The van der Waals surface area contributed by atoms with E-state index in [-0.39, 0.29) is 11.8 Å². The van der Waals surface area contributed by atoms with Crippen LogP contribution in [0, 0.1) is 0 Å². The van der Waals surface area contributed by atoms with Crippen molar-refractivity contribution in [3.8, 4) is 0 Å². The van der Waals surface area contributed by atoms with Gasteiger partial charge in [-0.25, -0.2) is 0 Å². The summed E-state index contributed by atoms with van der Waals surface area (Å²) in [6.07, 6.45) is 6.01. The average Bonchev–Trinajstić information content (AvgIpc) is 2.98. The minimum atomic E-state index is -0.219. The van der Waals surface area contributed by atoms with Crippen LogP contribution in [-0.4, -0.2) is 46.2 Å². The number of benzene rings is 1. The van der Waals surface area contributed by atoms with Crippen LogP contribution in [0.25, 0.3) is 5.57 Å². The van der Waals surface area contributed by atoms with Crippen LogP contribution >= 0.6 is 11.6 Å². The molecule has 1 aromatic heterocycles. The minimum absolute atomic E-state index is 0.204. The number of likely N-dealkylation sites (N-methyl/N-ethyl adjacent to an activating group) is 1. The van der Waals surface area contributed by atoms with Crippen LogP contribution in [0.2, 0.25) is 5.02 Å². The molecular weight excluding hydrogens is 386 g/mol. The molecule has 0 saturated carbocycles. The van der Waals surface area contributed by atoms with Crippen LogP contribution in [0.15, 0.2) is 54.5 Å². The summed E-state index contributed by atoms with van der Waals surface area (Å²) in [7, 11) is 0. The second-order valence-corrected chi connectivity index (χ2v) is 7.47. The standard InChI is InChI=1S/C23H26ClN3O2/c1-3-5-15-27-22(28)20(18-6-8-19(24)9-7-18)21(23(27)29)26(4-2)16-12-17-10-13-25-14-11-17/h6-11,13-14H,3-5,12,15-16H2,1-2H3. The quantitative estimate of drug-likeness (QED) is 0.581. The Balaban J connectivity index is 1.96. The molecule has 152 valence electrons. The first-order valence-electron chi connectivity index (χ1n) is 10.1. The van der Waals surface area contributed by atoms with Gasteiger partial charge in [-0.3, -0.25) is 19.5 Å². The molecule has 0 fully saturated rings. The zero-order valence-corrected chi connectivity index (χ0v) is 17.7. The van der Waals surface area contributed by atoms with Gasteiger partial charge in [-0.1, -0.05) is 37.1 Å². The largest absolute Gasteiger partial charge is 0.366 e. The third-order valence-electron chi connectivity index (χ3n) is 5.13. The maximum Gasteiger partial charge on any atom is 0.277 e. The fourth-order valence-corrected chi connectivity index (χ4v) is 3.62. The molecule has 0 N–H and O–H groups in total. The molecule has 6 heteroatoms. The summed E-state index contributed by atoms with van der Waals surface area (Å²) in [5, 5.41) is 0.598. The van der Waals surface area contributed by atoms with Crippen molar-refractivity contribution in [3.63, 3.8) is 0 Å². The Morgan fingerprint density at radius 2 is 1.69 bits per heavy atom. The van der Waals surface area contributed by atoms with Gasteiger partial charge in [-0.05, 0) is 55.2 Å². The van der Waals surface area contributed by atoms with E-state index in [1.54, 1.807) is 24.5 Å². The number of aromatic nitrogens is 1. The maximum absolute atomic E-state index is 13.3. The molecule has 0 unspecified atom stereocenters. The molecule has 0 spiro atoms. The Labute approximate surface area is 177 Å². The summed E-state index contributed by atoms with van der Waals surface area (Å²) in [5.41, 5.74) is 2.83. The van der Waals surface area contributed by atoms with Crippen LogP contribution in [0.5, 0.6) is 0 Å². The Hall–Kier alpha value is -2.66. The van der Waals surface area contributed by atoms with Crippen LogP contribution in [-0.2, 0) is 16.0 Å². The lowest BCUT2D eigenvalue weighted by atomic mass is 10.0. The summed E-state index contributed by atoms with van der Waals surface area (Å²) < 4.78 is 0. The number of hydrogen-bond donors (Lipinski definition) is 0. The Morgan fingerprint density at radius 1 is 1.00 bits per heavy atom. The van der Waals surface area contributed by atoms with E-state index >= 15 is 0 Å². The van der Waals surface area contributed by atoms with Gasteiger partial charge in [-0.2, -0.15) is 0 Å². The molecule has 0 saturated heterocycles. The molecule has 1 aliphatic rings. The minimum Gasteiger partial charge on any atom is -0.366 e. The zero-order valence-electron chi connectivity index (χ0n) is 16.9. The third kappa shape index (κ3) is 4.67. The van der Waals surface area contributed by atoms with Gasteiger partial charge in [0.25, 0.3) is 11.8 Å². The predicted octanol–water partition coefficient (Wildman–Crippen LogP) is 4.18. The van der Waals surface area contributed by atoms with E-state index in [9.17, 15) is 9.59 Å². The SMILES string of the molecule is CCCCN1C(=O)C(c2ccc(Cl)cc2)=C(N(CC)CCc2ccncc2)C1=O. The molecule has 2 amide bonds. The Kier molecular flexibility index (Phi) is 7.04. The summed E-state index contributed by atoms with van der Waals surface area (Å²) >= 11 is 6.03. The second kappa shape index (κ2) is 9.70. The van der Waals surface area contributed by atoms with E-state index in [1.165, 1.54) is 4.90 Å². The molecule has 2 aromatic rings. The van der Waals surface area contributed by atoms with Gasteiger partial charge >= 0.3 is 0 Å². The number of unbranched alkanes of at least 4 members (excludes halogenated alkanes) is 1. The molecule has 0 radical (unpaired) electrons. The molecule has 29 heavy (non-hydrogen) atoms. The smallest absolute Gasteiger partial charge is 0.277 e. The number of imide groups is 1. The molecule has 3 rings (SSSR count). The van der Waals surface area contributed by atoms with Gasteiger partial charge in [0.1, 0.15) is 5.70 Å². The molecule has 2 heterocycles. The number of carbonyl (C=O) groups is 2. The van der Waals surface area contributed by atoms with E-state index in [0.29, 0.717) is 35.9 Å². The monoisotopic (exact) mass is 411 g/mol. The van der Waals surface area contributed by atoms with Crippen molar-refractivity contribution in [2.24, 2.45) is 0 Å². The van der Waals surface area contributed by atoms with Gasteiger partial charge in [0, 0.05) is 37.1 Å². The summed E-state index contributed by atoms with van der Waals surface area (Å²) in [5.74, 6) is -0.423. The summed E-state index contributed by atoms with van der Waals surface area (Å²) in [6.45, 7) is 5.78.